The summed E-state index contributed by atoms with van der Waals surface area (Å²) in [7, 11) is 0. The molecule has 4 rings (SSSR count). The average Bonchev–Trinajstić information content (AvgIpc) is 3.51. The summed E-state index contributed by atoms with van der Waals surface area (Å²) in [6.45, 7) is 1.79. The minimum absolute atomic E-state index is 0.0515. The van der Waals surface area contributed by atoms with Gasteiger partial charge in [0.25, 0.3) is 11.8 Å². The quantitative estimate of drug-likeness (QED) is 0.175. The highest BCUT2D eigenvalue weighted by Crippen LogP contribution is 2.32. The zero-order valence-electron chi connectivity index (χ0n) is 22.8. The number of aliphatic carboxylic acids is 2. The number of carbonyl (C=O) groups is 6. The normalized spacial score (nSPS) is 16.2. The standard InChI is InChI=1S/C23H26N6O8.C2HF3O2/c30-18-5-4-17(21(33)25-18)29-22(34)15-2-1-3-16(20(15)23(29)35)24-12-14-13-28(27-26-14)7-9-37-11-10-36-8-6-19(31)32;3-2(4,5)1(6)7/h1-3,13,17,24H,4-12H2,(H,31,32)(H,25,30,33);(H,6,7). The van der Waals surface area contributed by atoms with E-state index in [4.69, 9.17) is 24.5 Å². The number of imide groups is 2. The van der Waals surface area contributed by atoms with Gasteiger partial charge < -0.3 is 25.0 Å². The van der Waals surface area contributed by atoms with E-state index in [1.54, 1.807) is 23.0 Å². The Balaban J connectivity index is 0.000000676. The molecule has 2 aliphatic heterocycles. The van der Waals surface area contributed by atoms with E-state index in [1.165, 1.54) is 6.07 Å². The van der Waals surface area contributed by atoms with E-state index >= 15 is 0 Å². The van der Waals surface area contributed by atoms with Crippen LogP contribution in [-0.2, 0) is 41.7 Å². The summed E-state index contributed by atoms with van der Waals surface area (Å²) in [6, 6.07) is 3.80. The molecule has 0 spiro atoms. The highest BCUT2D eigenvalue weighted by Gasteiger charge is 2.45. The second-order valence-corrected chi connectivity index (χ2v) is 9.17. The summed E-state index contributed by atoms with van der Waals surface area (Å²) in [5, 5.41) is 29.1. The zero-order chi connectivity index (χ0) is 32.4. The molecule has 1 atom stereocenters. The Hall–Kier alpha value is -4.91. The van der Waals surface area contributed by atoms with Crippen molar-refractivity contribution in [3.05, 3.63) is 41.2 Å². The number of anilines is 1. The van der Waals surface area contributed by atoms with Crippen LogP contribution >= 0.6 is 0 Å². The number of piperidine rings is 1. The third-order valence-electron chi connectivity index (χ3n) is 6.05. The Morgan fingerprint density at radius 2 is 1.73 bits per heavy atom. The molecule has 19 heteroatoms. The van der Waals surface area contributed by atoms with Crippen molar-refractivity contribution >= 4 is 41.3 Å². The first kappa shape index (κ1) is 33.6. The summed E-state index contributed by atoms with van der Waals surface area (Å²) < 4.78 is 43.9. The molecule has 3 heterocycles. The van der Waals surface area contributed by atoms with Crippen LogP contribution in [0.5, 0.6) is 0 Å². The fraction of sp³-hybridized carbons (Fsp3) is 0.440. The molecule has 1 aromatic heterocycles. The number of ether oxygens (including phenoxy) is 2. The number of aromatic nitrogens is 3. The lowest BCUT2D eigenvalue weighted by Crippen LogP contribution is -2.54. The van der Waals surface area contributed by atoms with E-state index in [9.17, 15) is 37.1 Å². The Bertz CT molecular complexity index is 1410. The molecule has 1 aromatic carbocycles. The van der Waals surface area contributed by atoms with Crippen LogP contribution in [0.25, 0.3) is 0 Å². The van der Waals surface area contributed by atoms with Crippen LogP contribution in [0.4, 0.5) is 18.9 Å². The summed E-state index contributed by atoms with van der Waals surface area (Å²) in [6.07, 6.45) is -3.28. The number of hydrogen-bond acceptors (Lipinski definition) is 11. The van der Waals surface area contributed by atoms with E-state index in [1.807, 2.05) is 0 Å². The molecule has 0 bridgehead atoms. The van der Waals surface area contributed by atoms with E-state index in [-0.39, 0.29) is 43.5 Å². The van der Waals surface area contributed by atoms with Gasteiger partial charge >= 0.3 is 18.1 Å². The molecule has 44 heavy (non-hydrogen) atoms. The fourth-order valence-corrected chi connectivity index (χ4v) is 4.02. The van der Waals surface area contributed by atoms with Crippen LogP contribution in [0, 0.1) is 0 Å². The number of carboxylic acids is 2. The van der Waals surface area contributed by atoms with E-state index in [2.05, 4.69) is 20.9 Å². The van der Waals surface area contributed by atoms with Crippen molar-refractivity contribution in [1.29, 1.82) is 0 Å². The number of hydrogen-bond donors (Lipinski definition) is 4. The van der Waals surface area contributed by atoms with Crippen molar-refractivity contribution in [3.8, 4) is 0 Å². The number of amides is 4. The Kier molecular flexibility index (Phi) is 11.5. The number of alkyl halides is 3. The van der Waals surface area contributed by atoms with Crippen LogP contribution in [0.2, 0.25) is 0 Å². The predicted octanol–water partition coefficient (Wildman–Crippen LogP) is 0.433. The van der Waals surface area contributed by atoms with Crippen molar-refractivity contribution in [3.63, 3.8) is 0 Å². The average molecular weight is 629 g/mol. The third-order valence-corrected chi connectivity index (χ3v) is 6.05. The van der Waals surface area contributed by atoms with Gasteiger partial charge in [0.2, 0.25) is 11.8 Å². The topological polar surface area (TPSA) is 219 Å². The maximum absolute atomic E-state index is 13.1. The Labute approximate surface area is 246 Å². The molecule has 238 valence electrons. The highest BCUT2D eigenvalue weighted by atomic mass is 19.4. The number of fused-ring (bicyclic) bond motifs is 1. The second kappa shape index (κ2) is 15.0. The lowest BCUT2D eigenvalue weighted by molar-refractivity contribution is -0.192. The summed E-state index contributed by atoms with van der Waals surface area (Å²) in [5.74, 6) is -5.93. The summed E-state index contributed by atoms with van der Waals surface area (Å²) in [4.78, 5) is 70.0. The molecular weight excluding hydrogens is 601 g/mol. The maximum Gasteiger partial charge on any atom is 0.490 e. The highest BCUT2D eigenvalue weighted by molar-refractivity contribution is 6.25. The van der Waals surface area contributed by atoms with Crippen LogP contribution in [0.1, 0.15) is 45.7 Å². The van der Waals surface area contributed by atoms with Gasteiger partial charge in [0.05, 0.1) is 63.3 Å². The number of nitrogens with one attached hydrogen (secondary N) is 2. The van der Waals surface area contributed by atoms with Crippen LogP contribution < -0.4 is 10.6 Å². The lowest BCUT2D eigenvalue weighted by atomic mass is 10.0. The number of benzene rings is 1. The molecule has 16 nitrogen and oxygen atoms in total. The minimum Gasteiger partial charge on any atom is -0.481 e. The molecule has 2 aliphatic rings. The molecule has 0 aliphatic carbocycles. The molecule has 1 saturated heterocycles. The molecule has 0 radical (unpaired) electrons. The largest absolute Gasteiger partial charge is 0.490 e. The van der Waals surface area contributed by atoms with Crippen molar-refractivity contribution in [2.75, 3.05) is 31.7 Å². The summed E-state index contributed by atoms with van der Waals surface area (Å²) >= 11 is 0. The lowest BCUT2D eigenvalue weighted by Gasteiger charge is -2.27. The molecule has 2 aromatic rings. The van der Waals surface area contributed by atoms with Gasteiger partial charge in [-0.05, 0) is 18.6 Å². The number of carbonyl (C=O) groups excluding carboxylic acids is 4. The van der Waals surface area contributed by atoms with E-state index in [0.29, 0.717) is 37.7 Å². The van der Waals surface area contributed by atoms with Gasteiger partial charge in [-0.3, -0.25) is 34.2 Å². The van der Waals surface area contributed by atoms with Gasteiger partial charge in [0.1, 0.15) is 11.7 Å². The SMILES string of the molecule is O=C(O)C(F)(F)F.O=C(O)CCOCCOCCn1cc(CNc2cccc3c2C(=O)N(C2CCC(=O)NC2=O)C3=O)nn1. The van der Waals surface area contributed by atoms with Crippen molar-refractivity contribution in [1.82, 2.24) is 25.2 Å². The van der Waals surface area contributed by atoms with Crippen LogP contribution in [0.3, 0.4) is 0 Å². The number of rotatable bonds is 13. The predicted molar refractivity (Wildman–Crippen MR) is 138 cm³/mol. The monoisotopic (exact) mass is 628 g/mol. The maximum atomic E-state index is 13.1. The van der Waals surface area contributed by atoms with Gasteiger partial charge in [0, 0.05) is 12.1 Å². The number of carboxylic acid groups (broad SMARTS) is 2. The van der Waals surface area contributed by atoms with Crippen molar-refractivity contribution < 1.29 is 61.6 Å². The van der Waals surface area contributed by atoms with Gasteiger partial charge in [-0.25, -0.2) is 9.48 Å². The van der Waals surface area contributed by atoms with Gasteiger partial charge in [-0.1, -0.05) is 11.3 Å². The molecular formula is C25H27F3N6O10. The Morgan fingerprint density at radius 1 is 1.05 bits per heavy atom. The molecule has 4 N–H and O–H groups in total. The van der Waals surface area contributed by atoms with E-state index in [0.717, 1.165) is 4.90 Å². The first-order chi connectivity index (χ1) is 20.8. The third kappa shape index (κ3) is 9.04. The van der Waals surface area contributed by atoms with Gasteiger partial charge in [-0.15, -0.1) is 5.10 Å². The van der Waals surface area contributed by atoms with Gasteiger partial charge in [0.15, 0.2) is 0 Å². The summed E-state index contributed by atoms with van der Waals surface area (Å²) in [5.41, 5.74) is 1.37. The minimum atomic E-state index is -5.08. The Morgan fingerprint density at radius 3 is 2.36 bits per heavy atom. The molecule has 0 saturated carbocycles. The first-order valence-corrected chi connectivity index (χ1v) is 12.9. The number of halogens is 3. The van der Waals surface area contributed by atoms with Crippen molar-refractivity contribution in [2.24, 2.45) is 0 Å². The fourth-order valence-electron chi connectivity index (χ4n) is 4.02. The zero-order valence-corrected chi connectivity index (χ0v) is 22.8. The molecule has 4 amide bonds. The van der Waals surface area contributed by atoms with Crippen LogP contribution in [-0.4, -0.2) is 104 Å². The second-order valence-electron chi connectivity index (χ2n) is 9.17. The first-order valence-electron chi connectivity index (χ1n) is 12.9. The van der Waals surface area contributed by atoms with E-state index < -0.39 is 47.8 Å². The smallest absolute Gasteiger partial charge is 0.481 e. The van der Waals surface area contributed by atoms with Gasteiger partial charge in [-0.2, -0.15) is 13.2 Å². The molecule has 1 unspecified atom stereocenters. The van der Waals surface area contributed by atoms with Crippen LogP contribution in [0.15, 0.2) is 24.4 Å². The number of nitrogens with zero attached hydrogens (tertiary/aromatic N) is 4. The van der Waals surface area contributed by atoms with Crippen molar-refractivity contribution in [2.45, 2.75) is 44.6 Å². The molecule has 1 fully saturated rings.